The van der Waals surface area contributed by atoms with Crippen LogP contribution < -0.4 is 5.32 Å². The van der Waals surface area contributed by atoms with E-state index in [4.69, 9.17) is 9.11 Å². The van der Waals surface area contributed by atoms with Gasteiger partial charge < -0.3 is 5.32 Å². The van der Waals surface area contributed by atoms with Gasteiger partial charge in [-0.2, -0.15) is 16.8 Å². The van der Waals surface area contributed by atoms with Crippen LogP contribution in [0.4, 0.5) is 5.69 Å². The molecule has 0 saturated heterocycles. The average Bonchev–Trinajstić information content (AvgIpc) is 2.13. The van der Waals surface area contributed by atoms with E-state index in [-0.39, 0.29) is 11.3 Å². The largest absolute Gasteiger partial charge is 0.387 e. The molecule has 7 nitrogen and oxygen atoms in total. The van der Waals surface area contributed by atoms with Gasteiger partial charge in [-0.25, -0.2) is 0 Å². The quantitative estimate of drug-likeness (QED) is 0.691. The number of hydrogen-bond acceptors (Lipinski definition) is 5. The third-order valence-corrected chi connectivity index (χ3v) is 3.99. The van der Waals surface area contributed by atoms with Crippen molar-refractivity contribution in [3.05, 3.63) is 17.7 Å². The van der Waals surface area contributed by atoms with Crippen LogP contribution in [0.5, 0.6) is 0 Å². The molecule has 1 aromatic rings. The summed E-state index contributed by atoms with van der Waals surface area (Å²) < 4.78 is 61.9. The van der Waals surface area contributed by atoms with Gasteiger partial charge in [0.05, 0.1) is 10.6 Å². The van der Waals surface area contributed by atoms with Crippen molar-refractivity contribution >= 4 is 25.9 Å². The van der Waals surface area contributed by atoms with Crippen LogP contribution in [0.25, 0.3) is 0 Å². The van der Waals surface area contributed by atoms with Gasteiger partial charge in [-0.15, -0.1) is 0 Å². The molecular weight excluding hydrogens is 270 g/mol. The Labute approximate surface area is 99.0 Å². The highest BCUT2D eigenvalue weighted by Gasteiger charge is 2.22. The third-order valence-electron chi connectivity index (χ3n) is 2.10. The lowest BCUT2D eigenvalue weighted by Gasteiger charge is -2.10. The molecule has 0 amide bonds. The van der Waals surface area contributed by atoms with Crippen LogP contribution in [-0.2, 0) is 20.2 Å². The van der Waals surface area contributed by atoms with Gasteiger partial charge in [-0.1, -0.05) is 0 Å². The molecule has 0 fully saturated rings. The smallest absolute Gasteiger partial charge is 0.296 e. The summed E-state index contributed by atoms with van der Waals surface area (Å²) in [5.41, 5.74) is 0.196. The molecule has 17 heavy (non-hydrogen) atoms. The van der Waals surface area contributed by atoms with E-state index in [1.165, 1.54) is 20.0 Å². The number of aryl methyl sites for hydroxylation is 1. The van der Waals surface area contributed by atoms with Gasteiger partial charge in [0.2, 0.25) is 0 Å². The molecule has 1 aromatic carbocycles. The van der Waals surface area contributed by atoms with Crippen LogP contribution in [0.3, 0.4) is 0 Å². The van der Waals surface area contributed by atoms with E-state index in [1.807, 2.05) is 0 Å². The van der Waals surface area contributed by atoms with Crippen molar-refractivity contribution in [1.82, 2.24) is 0 Å². The fourth-order valence-electron chi connectivity index (χ4n) is 1.36. The normalized spacial score (nSPS) is 12.5. The minimum atomic E-state index is -4.58. The molecule has 1 rings (SSSR count). The van der Waals surface area contributed by atoms with Crippen LogP contribution in [0.15, 0.2) is 21.9 Å². The summed E-state index contributed by atoms with van der Waals surface area (Å²) in [7, 11) is -7.71. The fourth-order valence-corrected chi connectivity index (χ4v) is 2.87. The molecule has 0 aliphatic rings. The molecule has 3 N–H and O–H groups in total. The molecule has 0 aliphatic carbocycles. The zero-order valence-corrected chi connectivity index (χ0v) is 10.6. The molecule has 0 aromatic heterocycles. The first-order valence-corrected chi connectivity index (χ1v) is 7.22. The molecule has 0 atom stereocenters. The lowest BCUT2D eigenvalue weighted by Crippen LogP contribution is -2.08. The van der Waals surface area contributed by atoms with Crippen molar-refractivity contribution in [2.24, 2.45) is 0 Å². The SMILES string of the molecule is CNc1cc(C)c(S(=O)(=O)O)cc1S(=O)(=O)O. The monoisotopic (exact) mass is 281 g/mol. The third kappa shape index (κ3) is 2.94. The van der Waals surface area contributed by atoms with Crippen molar-refractivity contribution in [2.45, 2.75) is 16.7 Å². The van der Waals surface area contributed by atoms with Crippen molar-refractivity contribution in [2.75, 3.05) is 12.4 Å². The summed E-state index contributed by atoms with van der Waals surface area (Å²) in [5.74, 6) is 0. The first-order valence-electron chi connectivity index (χ1n) is 4.34. The van der Waals surface area contributed by atoms with Crippen LogP contribution in [0, 0.1) is 6.92 Å². The molecule has 9 heteroatoms. The van der Waals surface area contributed by atoms with E-state index in [1.54, 1.807) is 0 Å². The van der Waals surface area contributed by atoms with Gasteiger partial charge in [0.25, 0.3) is 20.2 Å². The Kier molecular flexibility index (Phi) is 3.48. The number of rotatable bonds is 3. The van der Waals surface area contributed by atoms with Crippen LogP contribution in [-0.4, -0.2) is 33.0 Å². The molecule has 96 valence electrons. The van der Waals surface area contributed by atoms with Crippen LogP contribution in [0.2, 0.25) is 0 Å². The molecule has 0 aliphatic heterocycles. The van der Waals surface area contributed by atoms with E-state index in [0.29, 0.717) is 6.07 Å². The van der Waals surface area contributed by atoms with Gasteiger partial charge >= 0.3 is 0 Å². The second-order valence-corrected chi connectivity index (χ2v) is 6.09. The van der Waals surface area contributed by atoms with Gasteiger partial charge in [0.1, 0.15) is 4.90 Å². The van der Waals surface area contributed by atoms with Gasteiger partial charge in [0, 0.05) is 7.05 Å². The molecule has 0 saturated carbocycles. The van der Waals surface area contributed by atoms with Gasteiger partial charge in [-0.3, -0.25) is 9.11 Å². The topological polar surface area (TPSA) is 121 Å². The van der Waals surface area contributed by atoms with Crippen LogP contribution in [0.1, 0.15) is 5.56 Å². The van der Waals surface area contributed by atoms with E-state index < -0.39 is 30.0 Å². The first-order chi connectivity index (χ1) is 7.57. The zero-order chi connectivity index (χ0) is 13.4. The fraction of sp³-hybridized carbons (Fsp3) is 0.250. The molecule has 0 bridgehead atoms. The predicted octanol–water partition coefficient (Wildman–Crippen LogP) is 0.530. The van der Waals surface area contributed by atoms with Crippen molar-refractivity contribution in [3.63, 3.8) is 0 Å². The summed E-state index contributed by atoms with van der Waals surface area (Å²) in [4.78, 5) is -1.18. The second-order valence-electron chi connectivity index (χ2n) is 3.31. The van der Waals surface area contributed by atoms with E-state index in [2.05, 4.69) is 5.32 Å². The Morgan fingerprint density at radius 2 is 1.47 bits per heavy atom. The van der Waals surface area contributed by atoms with Crippen molar-refractivity contribution in [3.8, 4) is 0 Å². The summed E-state index contributed by atoms with van der Waals surface area (Å²) >= 11 is 0. The Morgan fingerprint density at radius 1 is 1.00 bits per heavy atom. The summed E-state index contributed by atoms with van der Waals surface area (Å²) in [5, 5.41) is 2.51. The summed E-state index contributed by atoms with van der Waals surface area (Å²) in [6, 6.07) is 1.90. The summed E-state index contributed by atoms with van der Waals surface area (Å²) in [6.07, 6.45) is 0. The van der Waals surface area contributed by atoms with E-state index in [9.17, 15) is 16.8 Å². The maximum Gasteiger partial charge on any atom is 0.296 e. The van der Waals surface area contributed by atoms with Crippen molar-refractivity contribution in [1.29, 1.82) is 0 Å². The highest BCUT2D eigenvalue weighted by molar-refractivity contribution is 7.86. The number of hydrogen-bond donors (Lipinski definition) is 3. The lowest BCUT2D eigenvalue weighted by molar-refractivity contribution is 0.481. The zero-order valence-electron chi connectivity index (χ0n) is 9.00. The number of nitrogens with one attached hydrogen (secondary N) is 1. The highest BCUT2D eigenvalue weighted by Crippen LogP contribution is 2.27. The Balaban J connectivity index is 3.73. The van der Waals surface area contributed by atoms with E-state index in [0.717, 1.165) is 0 Å². The van der Waals surface area contributed by atoms with Gasteiger partial charge in [-0.05, 0) is 24.6 Å². The van der Waals surface area contributed by atoms with Crippen molar-refractivity contribution < 1.29 is 25.9 Å². The van der Waals surface area contributed by atoms with E-state index >= 15 is 0 Å². The average molecular weight is 281 g/mol. The minimum Gasteiger partial charge on any atom is -0.387 e. The predicted molar refractivity (Wildman–Crippen MR) is 60.4 cm³/mol. The molecule has 0 unspecified atom stereocenters. The second kappa shape index (κ2) is 4.26. The molecule has 0 heterocycles. The Hall–Kier alpha value is -1.16. The standard InChI is InChI=1S/C8H11NO6S2/c1-5-3-6(9-2)8(17(13,14)15)4-7(5)16(10,11)12/h3-4,9H,1-2H3,(H,10,11,12)(H,13,14,15). The first kappa shape index (κ1) is 13.9. The Bertz CT molecular complexity index is 647. The number of benzene rings is 1. The van der Waals surface area contributed by atoms with Gasteiger partial charge in [0.15, 0.2) is 0 Å². The number of anilines is 1. The molecule has 0 radical (unpaired) electrons. The highest BCUT2D eigenvalue weighted by atomic mass is 32.2. The molecule has 0 spiro atoms. The maximum absolute atomic E-state index is 11.0. The van der Waals surface area contributed by atoms with Crippen LogP contribution >= 0.6 is 0 Å². The molecular formula is C8H11NO6S2. The maximum atomic E-state index is 11.0. The lowest BCUT2D eigenvalue weighted by atomic mass is 10.2. The Morgan fingerprint density at radius 3 is 1.82 bits per heavy atom. The minimum absolute atomic E-state index is 0.0393. The summed E-state index contributed by atoms with van der Waals surface area (Å²) in [6.45, 7) is 1.39.